The van der Waals surface area contributed by atoms with E-state index < -0.39 is 144 Å². The van der Waals surface area contributed by atoms with Crippen LogP contribution >= 0.6 is 0 Å². The van der Waals surface area contributed by atoms with Crippen molar-refractivity contribution in [1.29, 1.82) is 0 Å². The molecule has 366 valence electrons. The van der Waals surface area contributed by atoms with Gasteiger partial charge in [0.15, 0.2) is 69.8 Å². The second-order valence-corrected chi connectivity index (χ2v) is 16.2. The van der Waals surface area contributed by atoms with Gasteiger partial charge in [0, 0.05) is 5.56 Å². The van der Waals surface area contributed by atoms with Crippen molar-refractivity contribution >= 4 is 28.0 Å². The van der Waals surface area contributed by atoms with Crippen LogP contribution in [-0.2, 0) is 19.4 Å². The van der Waals surface area contributed by atoms with Crippen LogP contribution in [-0.4, -0.2) is 18.2 Å². The fourth-order valence-electron chi connectivity index (χ4n) is 8.18. The standard InChI is InChI=1S/C24BF20.C21H37N/c26-5-1(6(27)14(35)21(42)13(5)34)25(2-7(28)15(36)22(43)16(37)8(2)29,3-9(30)17(38)23(44)18(39)10(3)31)4-11(32)19(40)24(45)20(41)12(4)33;1-7-9-11-19-13-20(12-10-8-2)15-21(14-19)16-22(17(3)4)18(5)6/h;13-15,17-18H,7-12,16H2,1-6H3/q-1;/p+1. The van der Waals surface area contributed by atoms with Crippen LogP contribution in [0, 0.1) is 116 Å². The second kappa shape index (κ2) is 21.4. The summed E-state index contributed by atoms with van der Waals surface area (Å²) in [6.45, 7) is 15.1. The van der Waals surface area contributed by atoms with Crippen LogP contribution < -0.4 is 26.8 Å². The molecule has 0 aliphatic carbocycles. The van der Waals surface area contributed by atoms with E-state index in [-0.39, 0.29) is 0 Å². The van der Waals surface area contributed by atoms with Crippen molar-refractivity contribution in [3.63, 3.8) is 0 Å². The molecule has 0 bridgehead atoms. The Morgan fingerprint density at radius 3 is 0.716 bits per heavy atom. The van der Waals surface area contributed by atoms with Crippen molar-refractivity contribution in [2.45, 2.75) is 98.7 Å². The maximum absolute atomic E-state index is 15.4. The zero-order valence-electron chi connectivity index (χ0n) is 36.0. The number of aryl methyl sites for hydroxylation is 2. The molecule has 0 fully saturated rings. The summed E-state index contributed by atoms with van der Waals surface area (Å²) in [7, 11) is 0. The summed E-state index contributed by atoms with van der Waals surface area (Å²) >= 11 is 0. The van der Waals surface area contributed by atoms with Crippen LogP contribution in [0.15, 0.2) is 18.2 Å². The number of halogens is 20. The topological polar surface area (TPSA) is 4.44 Å². The van der Waals surface area contributed by atoms with Gasteiger partial charge in [-0.1, -0.05) is 44.9 Å². The van der Waals surface area contributed by atoms with E-state index in [0.29, 0.717) is 12.1 Å². The maximum Gasteiger partial charge on any atom is 0.200 e. The molecule has 0 heterocycles. The number of quaternary nitrogens is 1. The van der Waals surface area contributed by atoms with E-state index in [1.165, 1.54) is 44.1 Å². The quantitative estimate of drug-likeness (QED) is 0.0490. The summed E-state index contributed by atoms with van der Waals surface area (Å²) in [5.41, 5.74) is -9.68. The van der Waals surface area contributed by atoms with Gasteiger partial charge in [-0.15, -0.1) is 21.9 Å². The molecule has 0 saturated heterocycles. The van der Waals surface area contributed by atoms with Gasteiger partial charge in [-0.3, -0.25) is 0 Å². The first-order chi connectivity index (χ1) is 31.2. The Bertz CT molecular complexity index is 2250. The Hall–Kier alpha value is -5.28. The van der Waals surface area contributed by atoms with Gasteiger partial charge in [0.05, 0.1) is 12.1 Å². The minimum Gasteiger partial charge on any atom is -0.327 e. The summed E-state index contributed by atoms with van der Waals surface area (Å²) in [4.78, 5) is 1.69. The first kappa shape index (κ1) is 54.3. The molecule has 5 aromatic carbocycles. The molecule has 0 saturated carbocycles. The van der Waals surface area contributed by atoms with Crippen molar-refractivity contribution in [3.8, 4) is 0 Å². The molecule has 5 rings (SSSR count). The molecular formula is C45H38BF20N. The van der Waals surface area contributed by atoms with E-state index in [0.717, 1.165) is 6.54 Å². The van der Waals surface area contributed by atoms with Gasteiger partial charge in [-0.25, -0.2) is 87.8 Å². The molecule has 0 atom stereocenters. The lowest BCUT2D eigenvalue weighted by molar-refractivity contribution is -0.955. The second-order valence-electron chi connectivity index (χ2n) is 16.2. The van der Waals surface area contributed by atoms with Gasteiger partial charge >= 0.3 is 0 Å². The van der Waals surface area contributed by atoms with Crippen LogP contribution in [0.5, 0.6) is 0 Å². The average Bonchev–Trinajstić information content (AvgIpc) is 3.29. The molecule has 0 aliphatic rings. The molecule has 22 heteroatoms. The van der Waals surface area contributed by atoms with Gasteiger partial charge in [0.25, 0.3) is 0 Å². The zero-order chi connectivity index (χ0) is 50.9. The highest BCUT2D eigenvalue weighted by molar-refractivity contribution is 7.20. The Labute approximate surface area is 370 Å². The van der Waals surface area contributed by atoms with E-state index in [2.05, 4.69) is 59.7 Å². The molecule has 67 heavy (non-hydrogen) atoms. The third kappa shape index (κ3) is 9.73. The molecule has 1 N–H and O–H groups in total. The third-order valence-corrected chi connectivity index (χ3v) is 11.3. The monoisotopic (exact) mass is 983 g/mol. The first-order valence-corrected chi connectivity index (χ1v) is 20.4. The van der Waals surface area contributed by atoms with Crippen LogP contribution in [0.25, 0.3) is 0 Å². The van der Waals surface area contributed by atoms with Crippen molar-refractivity contribution < 1.29 is 92.7 Å². The molecule has 0 radical (unpaired) electrons. The molecule has 5 aromatic rings. The fourth-order valence-corrected chi connectivity index (χ4v) is 8.18. The van der Waals surface area contributed by atoms with E-state index in [9.17, 15) is 52.7 Å². The number of unbranched alkanes of at least 4 members (excludes halogenated alkanes) is 2. The molecule has 0 unspecified atom stereocenters. The Balaban J connectivity index is 0.000000374. The SMILES string of the molecule is CCCCc1cc(CCCC)cc(C[NH+](C(C)C)C(C)C)c1.Fc1c(F)c(F)c([B-](c2c(F)c(F)c(F)c(F)c2F)(c2c(F)c(F)c(F)c(F)c2F)c2c(F)c(F)c(F)c(F)c2F)c(F)c1F. The average molecular weight is 984 g/mol. The highest BCUT2D eigenvalue weighted by Crippen LogP contribution is 2.31. The van der Waals surface area contributed by atoms with Crippen molar-refractivity contribution in [3.05, 3.63) is 151 Å². The van der Waals surface area contributed by atoms with Gasteiger partial charge in [-0.05, 0) is 64.5 Å². The lowest BCUT2D eigenvalue weighted by Crippen LogP contribution is -3.16. The summed E-state index contributed by atoms with van der Waals surface area (Å²) < 4.78 is 294. The maximum atomic E-state index is 15.4. The number of rotatable bonds is 14. The Kier molecular flexibility index (Phi) is 17.3. The zero-order valence-corrected chi connectivity index (χ0v) is 36.0. The van der Waals surface area contributed by atoms with Crippen molar-refractivity contribution in [1.82, 2.24) is 0 Å². The Morgan fingerprint density at radius 1 is 0.328 bits per heavy atom. The number of benzene rings is 5. The van der Waals surface area contributed by atoms with E-state index in [4.69, 9.17) is 0 Å². The highest BCUT2D eigenvalue weighted by Gasteiger charge is 2.52. The van der Waals surface area contributed by atoms with E-state index in [1.807, 2.05) is 0 Å². The lowest BCUT2D eigenvalue weighted by atomic mass is 9.12. The summed E-state index contributed by atoms with van der Waals surface area (Å²) in [5, 5.41) is 0. The Morgan fingerprint density at radius 2 is 0.522 bits per heavy atom. The van der Waals surface area contributed by atoms with Gasteiger partial charge < -0.3 is 4.90 Å². The third-order valence-electron chi connectivity index (χ3n) is 11.3. The summed E-state index contributed by atoms with van der Waals surface area (Å²) in [6, 6.07) is 8.75. The van der Waals surface area contributed by atoms with Gasteiger partial charge in [0.2, 0.25) is 0 Å². The molecule has 0 amide bonds. The largest absolute Gasteiger partial charge is 0.327 e. The predicted molar refractivity (Wildman–Crippen MR) is 208 cm³/mol. The molecule has 0 spiro atoms. The minimum absolute atomic E-state index is 0.679. The molecule has 1 nitrogen and oxygen atoms in total. The molecular weight excluding hydrogens is 945 g/mol. The van der Waals surface area contributed by atoms with Crippen LogP contribution in [0.3, 0.4) is 0 Å². The number of hydrogen-bond acceptors (Lipinski definition) is 0. The van der Waals surface area contributed by atoms with Gasteiger partial charge in [-0.2, -0.15) is 0 Å². The van der Waals surface area contributed by atoms with E-state index >= 15 is 35.1 Å². The molecule has 0 aromatic heterocycles. The summed E-state index contributed by atoms with van der Waals surface area (Å²) in [6.07, 6.45) is 0.437. The smallest absolute Gasteiger partial charge is 0.200 e. The normalized spacial score (nSPS) is 12.0. The highest BCUT2D eigenvalue weighted by atomic mass is 19.2. The predicted octanol–water partition coefficient (Wildman–Crippen LogP) is 10.4. The first-order valence-electron chi connectivity index (χ1n) is 20.4. The minimum atomic E-state index is -7.22. The van der Waals surface area contributed by atoms with Crippen molar-refractivity contribution in [2.24, 2.45) is 0 Å². The number of hydrogen-bond donors (Lipinski definition) is 1. The molecule has 0 aliphatic heterocycles. The fraction of sp³-hybridized carbons (Fsp3) is 0.333. The van der Waals surface area contributed by atoms with E-state index in [1.54, 1.807) is 16.0 Å². The number of nitrogens with one attached hydrogen (secondary N) is 1. The van der Waals surface area contributed by atoms with Crippen molar-refractivity contribution in [2.75, 3.05) is 0 Å². The van der Waals surface area contributed by atoms with Gasteiger partial charge in [0.1, 0.15) is 59.2 Å². The summed E-state index contributed by atoms with van der Waals surface area (Å²) in [5.74, 6) is -71.4. The lowest BCUT2D eigenvalue weighted by Gasteiger charge is -2.44. The van der Waals surface area contributed by atoms with Crippen LogP contribution in [0.1, 0.15) is 83.9 Å². The van der Waals surface area contributed by atoms with Crippen LogP contribution in [0.2, 0.25) is 0 Å². The van der Waals surface area contributed by atoms with Crippen LogP contribution in [0.4, 0.5) is 87.8 Å².